The lowest BCUT2D eigenvalue weighted by atomic mass is 9.85. The fourth-order valence-electron chi connectivity index (χ4n) is 3.38. The molecule has 0 bridgehead atoms. The van der Waals surface area contributed by atoms with E-state index >= 15 is 0 Å². The molecule has 1 aliphatic rings. The second-order valence-corrected chi connectivity index (χ2v) is 6.49. The Morgan fingerprint density at radius 3 is 2.50 bits per heavy atom. The first-order valence-corrected chi connectivity index (χ1v) is 8.60. The minimum atomic E-state index is 0.339. The number of rotatable bonds is 9. The average molecular weight is 284 g/mol. The molecule has 1 saturated heterocycles. The van der Waals surface area contributed by atoms with Gasteiger partial charge in [0.1, 0.15) is 0 Å². The molecule has 0 aliphatic carbocycles. The van der Waals surface area contributed by atoms with Crippen LogP contribution in [0.1, 0.15) is 59.8 Å². The number of piperazine rings is 1. The minimum Gasteiger partial charge on any atom is -0.385 e. The zero-order valence-electron chi connectivity index (χ0n) is 14.4. The van der Waals surface area contributed by atoms with Crippen molar-refractivity contribution < 1.29 is 4.74 Å². The summed E-state index contributed by atoms with van der Waals surface area (Å²) < 4.78 is 5.18. The highest BCUT2D eigenvalue weighted by atomic mass is 16.5. The van der Waals surface area contributed by atoms with E-state index in [4.69, 9.17) is 4.74 Å². The molecular formula is C17H36N2O. The summed E-state index contributed by atoms with van der Waals surface area (Å²) in [6.45, 7) is 13.8. The molecule has 1 rings (SSSR count). The number of hydrogen-bond donors (Lipinski definition) is 1. The summed E-state index contributed by atoms with van der Waals surface area (Å²) in [4.78, 5) is 2.76. The number of hydrogen-bond acceptors (Lipinski definition) is 3. The summed E-state index contributed by atoms with van der Waals surface area (Å²) in [7, 11) is 1.80. The van der Waals surface area contributed by atoms with Gasteiger partial charge in [-0.1, -0.05) is 34.1 Å². The van der Waals surface area contributed by atoms with Crippen molar-refractivity contribution in [2.24, 2.45) is 5.92 Å². The highest BCUT2D eigenvalue weighted by molar-refractivity contribution is 4.97. The second-order valence-electron chi connectivity index (χ2n) is 6.49. The summed E-state index contributed by atoms with van der Waals surface area (Å²) in [5.41, 5.74) is 0.339. The van der Waals surface area contributed by atoms with E-state index in [9.17, 15) is 0 Å². The molecule has 0 spiro atoms. The van der Waals surface area contributed by atoms with Gasteiger partial charge in [0.2, 0.25) is 0 Å². The maximum atomic E-state index is 5.18. The molecule has 3 nitrogen and oxygen atoms in total. The average Bonchev–Trinajstić information content (AvgIpc) is 2.50. The van der Waals surface area contributed by atoms with Crippen LogP contribution in [0.25, 0.3) is 0 Å². The van der Waals surface area contributed by atoms with E-state index in [1.54, 1.807) is 7.11 Å². The molecule has 2 unspecified atom stereocenters. The van der Waals surface area contributed by atoms with Crippen molar-refractivity contribution in [3.8, 4) is 0 Å². The van der Waals surface area contributed by atoms with Gasteiger partial charge in [-0.2, -0.15) is 0 Å². The highest BCUT2D eigenvalue weighted by Gasteiger charge is 2.37. The number of unbranched alkanes of at least 4 members (excludes halogenated alkanes) is 1. The van der Waals surface area contributed by atoms with Crippen LogP contribution >= 0.6 is 0 Å². The normalized spacial score (nSPS) is 24.8. The zero-order valence-corrected chi connectivity index (χ0v) is 14.4. The van der Waals surface area contributed by atoms with Crippen molar-refractivity contribution in [2.45, 2.75) is 71.4 Å². The quantitative estimate of drug-likeness (QED) is 0.658. The molecule has 0 amide bonds. The Hall–Kier alpha value is -0.120. The van der Waals surface area contributed by atoms with E-state index in [2.05, 4.69) is 37.9 Å². The lowest BCUT2D eigenvalue weighted by molar-refractivity contribution is 0.0428. The van der Waals surface area contributed by atoms with Gasteiger partial charge in [0.15, 0.2) is 0 Å². The monoisotopic (exact) mass is 284 g/mol. The maximum absolute atomic E-state index is 5.18. The van der Waals surface area contributed by atoms with E-state index in [1.165, 1.54) is 45.2 Å². The minimum absolute atomic E-state index is 0.339. The van der Waals surface area contributed by atoms with E-state index in [1.807, 2.05) is 0 Å². The fourth-order valence-corrected chi connectivity index (χ4v) is 3.38. The summed E-state index contributed by atoms with van der Waals surface area (Å²) in [5, 5.41) is 3.86. The van der Waals surface area contributed by atoms with E-state index < -0.39 is 0 Å². The lowest BCUT2D eigenvalue weighted by Crippen LogP contribution is -2.65. The van der Waals surface area contributed by atoms with Crippen LogP contribution in [-0.4, -0.2) is 49.8 Å². The standard InChI is InChI=1S/C17H36N2O/c1-6-15(4)16-13-18-17(7-2,8-3)14-19(16)11-9-10-12-20-5/h15-16,18H,6-14H2,1-5H3. The Morgan fingerprint density at radius 1 is 1.25 bits per heavy atom. The molecule has 1 aliphatic heterocycles. The predicted octanol–water partition coefficient (Wildman–Crippen LogP) is 3.29. The molecule has 1 fully saturated rings. The molecule has 1 heterocycles. The molecule has 0 aromatic carbocycles. The summed E-state index contributed by atoms with van der Waals surface area (Å²) in [5.74, 6) is 0.775. The van der Waals surface area contributed by atoms with Gasteiger partial charge in [0, 0.05) is 38.4 Å². The number of methoxy groups -OCH3 is 1. The summed E-state index contributed by atoms with van der Waals surface area (Å²) in [6, 6.07) is 0.703. The third kappa shape index (κ3) is 4.71. The molecule has 0 aromatic rings. The van der Waals surface area contributed by atoms with E-state index in [0.717, 1.165) is 19.1 Å². The number of nitrogens with one attached hydrogen (secondary N) is 1. The maximum Gasteiger partial charge on any atom is 0.0462 e. The van der Waals surface area contributed by atoms with Gasteiger partial charge in [-0.05, 0) is 38.1 Å². The Balaban J connectivity index is 2.62. The highest BCUT2D eigenvalue weighted by Crippen LogP contribution is 2.27. The van der Waals surface area contributed by atoms with Gasteiger partial charge in [0.25, 0.3) is 0 Å². The van der Waals surface area contributed by atoms with Crippen LogP contribution in [0.5, 0.6) is 0 Å². The predicted molar refractivity (Wildman–Crippen MR) is 87.2 cm³/mol. The van der Waals surface area contributed by atoms with Crippen LogP contribution < -0.4 is 5.32 Å². The SMILES string of the molecule is CCC(C)C1CNC(CC)(CC)CN1CCCCOC. The molecule has 0 saturated carbocycles. The van der Waals surface area contributed by atoms with Crippen LogP contribution in [0.15, 0.2) is 0 Å². The van der Waals surface area contributed by atoms with Crippen molar-refractivity contribution in [2.75, 3.05) is 33.4 Å². The van der Waals surface area contributed by atoms with Gasteiger partial charge in [-0.15, -0.1) is 0 Å². The first-order chi connectivity index (χ1) is 9.62. The molecule has 0 radical (unpaired) electrons. The van der Waals surface area contributed by atoms with Crippen LogP contribution in [0.2, 0.25) is 0 Å². The van der Waals surface area contributed by atoms with Crippen molar-refractivity contribution in [3.05, 3.63) is 0 Å². The Kier molecular flexibility index (Phi) is 8.08. The number of ether oxygens (including phenoxy) is 1. The van der Waals surface area contributed by atoms with Gasteiger partial charge in [0.05, 0.1) is 0 Å². The van der Waals surface area contributed by atoms with Crippen LogP contribution in [0, 0.1) is 5.92 Å². The smallest absolute Gasteiger partial charge is 0.0462 e. The lowest BCUT2D eigenvalue weighted by Gasteiger charge is -2.49. The van der Waals surface area contributed by atoms with E-state index in [-0.39, 0.29) is 0 Å². The van der Waals surface area contributed by atoms with Gasteiger partial charge < -0.3 is 10.1 Å². The molecule has 2 atom stereocenters. The van der Waals surface area contributed by atoms with Crippen molar-refractivity contribution in [1.29, 1.82) is 0 Å². The van der Waals surface area contributed by atoms with E-state index in [0.29, 0.717) is 11.6 Å². The molecule has 120 valence electrons. The van der Waals surface area contributed by atoms with Crippen LogP contribution in [0.3, 0.4) is 0 Å². The van der Waals surface area contributed by atoms with Crippen LogP contribution in [0.4, 0.5) is 0 Å². The Morgan fingerprint density at radius 2 is 1.95 bits per heavy atom. The second kappa shape index (κ2) is 9.01. The molecular weight excluding hydrogens is 248 g/mol. The van der Waals surface area contributed by atoms with Crippen molar-refractivity contribution >= 4 is 0 Å². The first-order valence-electron chi connectivity index (χ1n) is 8.60. The molecule has 0 aromatic heterocycles. The third-order valence-electron chi connectivity index (χ3n) is 5.36. The van der Waals surface area contributed by atoms with Crippen molar-refractivity contribution in [1.82, 2.24) is 10.2 Å². The molecule has 1 N–H and O–H groups in total. The van der Waals surface area contributed by atoms with Crippen LogP contribution in [-0.2, 0) is 4.74 Å². The third-order valence-corrected chi connectivity index (χ3v) is 5.36. The Labute approximate surface area is 126 Å². The largest absolute Gasteiger partial charge is 0.385 e. The summed E-state index contributed by atoms with van der Waals surface area (Å²) >= 11 is 0. The van der Waals surface area contributed by atoms with Crippen molar-refractivity contribution in [3.63, 3.8) is 0 Å². The number of nitrogens with zero attached hydrogens (tertiary/aromatic N) is 1. The molecule has 3 heteroatoms. The van der Waals surface area contributed by atoms with Gasteiger partial charge in [-0.25, -0.2) is 0 Å². The zero-order chi connectivity index (χ0) is 15.0. The fraction of sp³-hybridized carbons (Fsp3) is 1.00. The first kappa shape index (κ1) is 17.9. The Bertz CT molecular complexity index is 253. The topological polar surface area (TPSA) is 24.5 Å². The van der Waals surface area contributed by atoms with Gasteiger partial charge in [-0.3, -0.25) is 4.90 Å². The van der Waals surface area contributed by atoms with Gasteiger partial charge >= 0.3 is 0 Å². The molecule has 20 heavy (non-hydrogen) atoms. The summed E-state index contributed by atoms with van der Waals surface area (Å²) in [6.07, 6.45) is 6.16.